The van der Waals surface area contributed by atoms with E-state index < -0.39 is 0 Å². The zero-order valence-electron chi connectivity index (χ0n) is 16.9. The van der Waals surface area contributed by atoms with Gasteiger partial charge >= 0.3 is 0 Å². The lowest BCUT2D eigenvalue weighted by molar-refractivity contribution is -0.120. The number of amides is 3. The number of carbonyl (C=O) groups is 3. The van der Waals surface area contributed by atoms with Gasteiger partial charge in [-0.05, 0) is 30.7 Å². The number of carbonyl (C=O) groups excluding carboxylic acids is 3. The van der Waals surface area contributed by atoms with Gasteiger partial charge in [0.1, 0.15) is 5.76 Å². The Bertz CT molecular complexity index is 1050. The van der Waals surface area contributed by atoms with Gasteiger partial charge in [0.2, 0.25) is 5.91 Å². The summed E-state index contributed by atoms with van der Waals surface area (Å²) in [5.74, 6) is -0.0252. The second-order valence-electron chi connectivity index (χ2n) is 6.84. The monoisotopic (exact) mass is 426 g/mol. The number of furan rings is 1. The van der Waals surface area contributed by atoms with E-state index in [1.807, 2.05) is 12.1 Å². The molecule has 0 saturated heterocycles. The Labute approximate surface area is 177 Å². The lowest BCUT2D eigenvalue weighted by Crippen LogP contribution is -2.25. The van der Waals surface area contributed by atoms with E-state index in [2.05, 4.69) is 15.6 Å². The van der Waals surface area contributed by atoms with Gasteiger partial charge in [-0.25, -0.2) is 4.98 Å². The number of rotatable bonds is 7. The Morgan fingerprint density at radius 3 is 2.50 bits per heavy atom. The first-order chi connectivity index (χ1) is 14.3. The molecule has 0 saturated carbocycles. The fourth-order valence-corrected chi connectivity index (χ4v) is 3.39. The molecule has 0 fully saturated rings. The van der Waals surface area contributed by atoms with Gasteiger partial charge in [-0.3, -0.25) is 19.7 Å². The largest absolute Gasteiger partial charge is 0.469 e. The molecule has 0 bridgehead atoms. The highest BCUT2D eigenvalue weighted by Crippen LogP contribution is 2.18. The van der Waals surface area contributed by atoms with Crippen molar-refractivity contribution in [2.24, 2.45) is 0 Å². The van der Waals surface area contributed by atoms with Crippen LogP contribution in [0.3, 0.4) is 0 Å². The van der Waals surface area contributed by atoms with Crippen molar-refractivity contribution in [1.82, 2.24) is 15.2 Å². The topological polar surface area (TPSA) is 105 Å². The van der Waals surface area contributed by atoms with Crippen LogP contribution in [0.15, 0.2) is 46.4 Å². The molecule has 0 atom stereocenters. The maximum absolute atomic E-state index is 12.2. The van der Waals surface area contributed by atoms with E-state index in [1.54, 1.807) is 44.6 Å². The predicted octanol–water partition coefficient (Wildman–Crippen LogP) is 2.86. The van der Waals surface area contributed by atoms with Gasteiger partial charge in [0.05, 0.1) is 23.9 Å². The molecule has 3 rings (SSSR count). The Balaban J connectivity index is 1.49. The van der Waals surface area contributed by atoms with E-state index in [-0.39, 0.29) is 24.1 Å². The molecule has 0 aliphatic carbocycles. The molecular weight excluding hydrogens is 404 g/mol. The van der Waals surface area contributed by atoms with Gasteiger partial charge in [0.25, 0.3) is 11.8 Å². The van der Waals surface area contributed by atoms with Crippen molar-refractivity contribution in [2.75, 3.05) is 19.4 Å². The van der Waals surface area contributed by atoms with Crippen molar-refractivity contribution in [2.45, 2.75) is 19.9 Å². The van der Waals surface area contributed by atoms with Gasteiger partial charge in [0.15, 0.2) is 5.13 Å². The summed E-state index contributed by atoms with van der Waals surface area (Å²) in [4.78, 5) is 42.1. The molecule has 8 nitrogen and oxygen atoms in total. The molecule has 30 heavy (non-hydrogen) atoms. The summed E-state index contributed by atoms with van der Waals surface area (Å²) in [5, 5.41) is 7.69. The van der Waals surface area contributed by atoms with Crippen molar-refractivity contribution < 1.29 is 18.8 Å². The van der Waals surface area contributed by atoms with Crippen LogP contribution in [-0.2, 0) is 17.8 Å². The normalized spacial score (nSPS) is 10.5. The van der Waals surface area contributed by atoms with E-state index in [0.29, 0.717) is 34.3 Å². The summed E-state index contributed by atoms with van der Waals surface area (Å²) in [5.41, 5.74) is 2.50. The van der Waals surface area contributed by atoms with Gasteiger partial charge in [0, 0.05) is 31.6 Å². The summed E-state index contributed by atoms with van der Waals surface area (Å²) < 4.78 is 5.12. The van der Waals surface area contributed by atoms with Gasteiger partial charge in [-0.1, -0.05) is 12.1 Å². The van der Waals surface area contributed by atoms with Crippen molar-refractivity contribution in [3.05, 3.63) is 70.1 Å². The summed E-state index contributed by atoms with van der Waals surface area (Å²) in [6.45, 7) is 2.06. The minimum absolute atomic E-state index is 0.0695. The molecule has 9 heteroatoms. The maximum Gasteiger partial charge on any atom is 0.260 e. The average Bonchev–Trinajstić information content (AvgIpc) is 3.34. The number of anilines is 1. The number of nitrogens with one attached hydrogen (secondary N) is 2. The van der Waals surface area contributed by atoms with Gasteiger partial charge in [-0.15, -0.1) is 11.3 Å². The molecule has 3 amide bonds. The molecule has 2 aromatic heterocycles. The maximum atomic E-state index is 12.2. The summed E-state index contributed by atoms with van der Waals surface area (Å²) in [7, 11) is 3.40. The fourth-order valence-electron chi connectivity index (χ4n) is 2.68. The first kappa shape index (κ1) is 21.3. The number of hydrogen-bond donors (Lipinski definition) is 2. The number of aromatic nitrogens is 1. The van der Waals surface area contributed by atoms with E-state index in [0.717, 1.165) is 5.56 Å². The van der Waals surface area contributed by atoms with Crippen molar-refractivity contribution >= 4 is 34.2 Å². The van der Waals surface area contributed by atoms with E-state index >= 15 is 0 Å². The molecule has 0 aliphatic rings. The lowest BCUT2D eigenvalue weighted by Gasteiger charge is -2.10. The molecule has 1 aromatic carbocycles. The zero-order chi connectivity index (χ0) is 21.7. The molecule has 0 radical (unpaired) electrons. The Kier molecular flexibility index (Phi) is 6.63. The molecule has 2 heterocycles. The quantitative estimate of drug-likeness (QED) is 0.605. The second-order valence-corrected chi connectivity index (χ2v) is 7.70. The Hall–Kier alpha value is -3.46. The van der Waals surface area contributed by atoms with Crippen molar-refractivity contribution in [1.29, 1.82) is 0 Å². The zero-order valence-corrected chi connectivity index (χ0v) is 17.7. The molecule has 156 valence electrons. The van der Waals surface area contributed by atoms with E-state index in [4.69, 9.17) is 4.42 Å². The first-order valence-electron chi connectivity index (χ1n) is 9.20. The standard InChI is InChI=1S/C21H22N4O4S/c1-13-17(8-9-29-13)19(27)24-21-23-16(12-30-21)10-18(26)22-11-14-4-6-15(7-5-14)20(28)25(2)3/h4-9,12H,10-11H2,1-3H3,(H,22,26)(H,23,24,27). The number of hydrogen-bond acceptors (Lipinski definition) is 6. The lowest BCUT2D eigenvalue weighted by atomic mass is 10.1. The van der Waals surface area contributed by atoms with Crippen LogP contribution in [0.25, 0.3) is 0 Å². The Morgan fingerprint density at radius 2 is 1.87 bits per heavy atom. The SMILES string of the molecule is Cc1occc1C(=O)Nc1nc(CC(=O)NCc2ccc(C(=O)N(C)C)cc2)cs1. The third-order valence-corrected chi connectivity index (χ3v) is 5.12. The molecule has 0 aliphatic heterocycles. The van der Waals surface area contributed by atoms with Crippen LogP contribution in [0.4, 0.5) is 5.13 Å². The first-order valence-corrected chi connectivity index (χ1v) is 10.1. The number of thiazole rings is 1. The van der Waals surface area contributed by atoms with Crippen LogP contribution in [0.2, 0.25) is 0 Å². The average molecular weight is 426 g/mol. The van der Waals surface area contributed by atoms with Crippen molar-refractivity contribution in [3.63, 3.8) is 0 Å². The van der Waals surface area contributed by atoms with Crippen LogP contribution in [0.1, 0.15) is 37.7 Å². The van der Waals surface area contributed by atoms with Crippen LogP contribution < -0.4 is 10.6 Å². The molecule has 2 N–H and O–H groups in total. The van der Waals surface area contributed by atoms with Gasteiger partial charge in [-0.2, -0.15) is 0 Å². The highest BCUT2D eigenvalue weighted by Gasteiger charge is 2.14. The third kappa shape index (κ3) is 5.32. The third-order valence-electron chi connectivity index (χ3n) is 4.31. The van der Waals surface area contributed by atoms with Crippen LogP contribution in [0.5, 0.6) is 0 Å². The number of aryl methyl sites for hydroxylation is 1. The molecule has 0 spiro atoms. The number of nitrogens with zero attached hydrogens (tertiary/aromatic N) is 2. The fraction of sp³-hybridized carbons (Fsp3) is 0.238. The smallest absolute Gasteiger partial charge is 0.260 e. The summed E-state index contributed by atoms with van der Waals surface area (Å²) >= 11 is 1.25. The molecule has 0 unspecified atom stereocenters. The Morgan fingerprint density at radius 1 is 1.13 bits per heavy atom. The van der Waals surface area contributed by atoms with Crippen LogP contribution >= 0.6 is 11.3 Å². The highest BCUT2D eigenvalue weighted by atomic mass is 32.1. The van der Waals surface area contributed by atoms with Crippen LogP contribution in [-0.4, -0.2) is 41.7 Å². The summed E-state index contributed by atoms with van der Waals surface area (Å²) in [6.07, 6.45) is 1.56. The second kappa shape index (κ2) is 9.36. The van der Waals surface area contributed by atoms with Gasteiger partial charge < -0.3 is 14.6 Å². The van der Waals surface area contributed by atoms with Crippen LogP contribution in [0, 0.1) is 6.92 Å². The van der Waals surface area contributed by atoms with E-state index in [1.165, 1.54) is 22.5 Å². The highest BCUT2D eigenvalue weighted by molar-refractivity contribution is 7.14. The van der Waals surface area contributed by atoms with E-state index in [9.17, 15) is 14.4 Å². The molecular formula is C21H22N4O4S. The minimum atomic E-state index is -0.303. The number of benzene rings is 1. The predicted molar refractivity (Wildman–Crippen MR) is 114 cm³/mol. The van der Waals surface area contributed by atoms with Crippen molar-refractivity contribution in [3.8, 4) is 0 Å². The molecule has 3 aromatic rings. The summed E-state index contributed by atoms with van der Waals surface area (Å²) in [6, 6.07) is 8.69. The minimum Gasteiger partial charge on any atom is -0.469 e.